The average Bonchev–Trinajstić information content (AvgIpc) is 2.95. The van der Waals surface area contributed by atoms with Gasteiger partial charge < -0.3 is 25.4 Å². The lowest BCUT2D eigenvalue weighted by Gasteiger charge is -2.39. The lowest BCUT2D eigenvalue weighted by molar-refractivity contribution is -0.139. The second-order valence-electron chi connectivity index (χ2n) is 7.66. The fourth-order valence-corrected chi connectivity index (χ4v) is 4.14. The smallest absolute Gasteiger partial charge is 0.411 e. The molecule has 11 nitrogen and oxygen atoms in total. The number of nitrogens with two attached hydrogens (primary N) is 1. The number of likely N-dealkylation sites (N-methyl/N-ethyl adjacent to an activating group) is 1. The van der Waals surface area contributed by atoms with E-state index in [0.717, 1.165) is 39.1 Å². The molecule has 0 radical (unpaired) electrons. The highest BCUT2D eigenvalue weighted by Gasteiger charge is 2.43. The second kappa shape index (κ2) is 8.93. The molecule has 0 saturated carbocycles. The molecule has 0 bridgehead atoms. The third-order valence-electron chi connectivity index (χ3n) is 5.92. The maximum absolute atomic E-state index is 12.1. The molecular formula is C17H31N7O4. The number of carboxylic acid groups (broad SMARTS) is 1. The molecule has 0 aromatic rings. The molecule has 3 fully saturated rings. The van der Waals surface area contributed by atoms with E-state index >= 15 is 0 Å². The van der Waals surface area contributed by atoms with E-state index in [-0.39, 0.29) is 30.9 Å². The molecule has 11 heteroatoms. The Balaban J connectivity index is 1.50. The van der Waals surface area contributed by atoms with E-state index in [1.807, 2.05) is 9.80 Å². The molecule has 0 aromatic heterocycles. The zero-order valence-corrected chi connectivity index (χ0v) is 16.4. The number of hydrogen-bond donors (Lipinski definition) is 3. The zero-order valence-electron chi connectivity index (χ0n) is 16.4. The van der Waals surface area contributed by atoms with Crippen molar-refractivity contribution in [3.8, 4) is 0 Å². The van der Waals surface area contributed by atoms with E-state index in [2.05, 4.69) is 9.80 Å². The number of nitrogens with one attached hydrogen (secondary N) is 1. The molecule has 2 atom stereocenters. The Morgan fingerprint density at radius 2 is 1.75 bits per heavy atom. The highest BCUT2D eigenvalue weighted by molar-refractivity contribution is 5.74. The first kappa shape index (κ1) is 20.6. The van der Waals surface area contributed by atoms with Crippen molar-refractivity contribution in [1.29, 1.82) is 5.41 Å². The third-order valence-corrected chi connectivity index (χ3v) is 5.92. The van der Waals surface area contributed by atoms with Crippen molar-refractivity contribution >= 4 is 18.0 Å². The standard InChI is InChI=1S/C17H31N7O4/c1-20-13(2-3-21-4-10-24(11-5-21)16(18)19)15(28-17(20)27)23-8-6-22(7-9-23)12-14(25)26/h13,15H,2-12H2,1H3,(H3,18,19)(H,25,26). The molecule has 28 heavy (non-hydrogen) atoms. The molecule has 0 aromatic carbocycles. The van der Waals surface area contributed by atoms with Crippen molar-refractivity contribution in [1.82, 2.24) is 24.5 Å². The van der Waals surface area contributed by atoms with Crippen molar-refractivity contribution in [3.63, 3.8) is 0 Å². The Labute approximate surface area is 165 Å². The molecule has 3 heterocycles. The van der Waals surface area contributed by atoms with Gasteiger partial charge in [-0.05, 0) is 6.42 Å². The van der Waals surface area contributed by atoms with Crippen LogP contribution < -0.4 is 5.73 Å². The maximum Gasteiger partial charge on any atom is 0.411 e. The number of piperazine rings is 2. The van der Waals surface area contributed by atoms with Gasteiger partial charge in [-0.1, -0.05) is 0 Å². The highest BCUT2D eigenvalue weighted by Crippen LogP contribution is 2.25. The molecule has 1 amide bonds. The van der Waals surface area contributed by atoms with Gasteiger partial charge in [0.2, 0.25) is 0 Å². The Morgan fingerprint density at radius 3 is 2.32 bits per heavy atom. The van der Waals surface area contributed by atoms with Crippen molar-refractivity contribution < 1.29 is 19.4 Å². The summed E-state index contributed by atoms with van der Waals surface area (Å²) in [5, 5.41) is 16.5. The van der Waals surface area contributed by atoms with E-state index in [0.29, 0.717) is 26.2 Å². The SMILES string of the molecule is CN1C(=O)OC(N2CCN(CC(=O)O)CC2)C1CCN1CCN(C(=N)N)CC1. The topological polar surface area (TPSA) is 130 Å². The summed E-state index contributed by atoms with van der Waals surface area (Å²) in [4.78, 5) is 33.0. The van der Waals surface area contributed by atoms with Gasteiger partial charge in [0.25, 0.3) is 0 Å². The highest BCUT2D eigenvalue weighted by atomic mass is 16.6. The van der Waals surface area contributed by atoms with Crippen LogP contribution in [0.2, 0.25) is 0 Å². The van der Waals surface area contributed by atoms with Gasteiger partial charge in [0.15, 0.2) is 12.2 Å². The molecule has 3 rings (SSSR count). The fourth-order valence-electron chi connectivity index (χ4n) is 4.14. The van der Waals surface area contributed by atoms with Gasteiger partial charge in [-0.15, -0.1) is 0 Å². The number of carboxylic acids is 1. The minimum atomic E-state index is -0.816. The van der Waals surface area contributed by atoms with E-state index in [4.69, 9.17) is 21.0 Å². The van der Waals surface area contributed by atoms with E-state index < -0.39 is 5.97 Å². The van der Waals surface area contributed by atoms with Crippen molar-refractivity contribution in [2.75, 3.05) is 72.5 Å². The van der Waals surface area contributed by atoms with Crippen LogP contribution in [0.25, 0.3) is 0 Å². The van der Waals surface area contributed by atoms with Gasteiger partial charge in [-0.25, -0.2) is 4.79 Å². The van der Waals surface area contributed by atoms with Crippen molar-refractivity contribution in [3.05, 3.63) is 0 Å². The number of carbonyl (C=O) groups excluding carboxylic acids is 1. The van der Waals surface area contributed by atoms with E-state index in [1.165, 1.54) is 0 Å². The fraction of sp³-hybridized carbons (Fsp3) is 0.824. The summed E-state index contributed by atoms with van der Waals surface area (Å²) >= 11 is 0. The largest absolute Gasteiger partial charge is 0.480 e. The van der Waals surface area contributed by atoms with Crippen LogP contribution >= 0.6 is 0 Å². The molecule has 0 aliphatic carbocycles. The summed E-state index contributed by atoms with van der Waals surface area (Å²) < 4.78 is 5.64. The van der Waals surface area contributed by atoms with Crippen LogP contribution in [0, 0.1) is 5.41 Å². The zero-order chi connectivity index (χ0) is 20.3. The minimum Gasteiger partial charge on any atom is -0.480 e. The number of ether oxygens (including phenoxy) is 1. The number of amides is 1. The van der Waals surface area contributed by atoms with Crippen LogP contribution in [0.3, 0.4) is 0 Å². The van der Waals surface area contributed by atoms with Crippen molar-refractivity contribution in [2.45, 2.75) is 18.7 Å². The number of carbonyl (C=O) groups is 2. The van der Waals surface area contributed by atoms with Gasteiger partial charge >= 0.3 is 12.1 Å². The number of nitrogens with zero attached hydrogens (tertiary/aromatic N) is 5. The van der Waals surface area contributed by atoms with Crippen LogP contribution in [-0.4, -0.2) is 132 Å². The summed E-state index contributed by atoms with van der Waals surface area (Å²) in [5.74, 6) is -0.695. The Kier molecular flexibility index (Phi) is 6.57. The summed E-state index contributed by atoms with van der Waals surface area (Å²) in [6.45, 7) is 6.79. The number of cyclic esters (lactones) is 1. The maximum atomic E-state index is 12.1. The predicted octanol–water partition coefficient (Wildman–Crippen LogP) is -1.63. The lowest BCUT2D eigenvalue weighted by Crippen LogP contribution is -2.55. The molecule has 0 spiro atoms. The Bertz CT molecular complexity index is 588. The second-order valence-corrected chi connectivity index (χ2v) is 7.66. The third kappa shape index (κ3) is 4.83. The number of aliphatic carboxylic acids is 1. The van der Waals surface area contributed by atoms with Gasteiger partial charge in [-0.2, -0.15) is 0 Å². The first-order valence-corrected chi connectivity index (χ1v) is 9.78. The van der Waals surface area contributed by atoms with Gasteiger partial charge in [0, 0.05) is 66.0 Å². The molecular weight excluding hydrogens is 366 g/mol. The molecule has 3 saturated heterocycles. The summed E-state index contributed by atoms with van der Waals surface area (Å²) in [6.07, 6.45) is 0.217. The number of rotatable bonds is 6. The molecule has 4 N–H and O–H groups in total. The lowest BCUT2D eigenvalue weighted by atomic mass is 10.1. The van der Waals surface area contributed by atoms with E-state index in [1.54, 1.807) is 11.9 Å². The average molecular weight is 397 g/mol. The summed E-state index contributed by atoms with van der Waals surface area (Å²) in [6, 6.07) is -0.0237. The van der Waals surface area contributed by atoms with Crippen molar-refractivity contribution in [2.24, 2.45) is 5.73 Å². The van der Waals surface area contributed by atoms with Crippen LogP contribution in [-0.2, 0) is 9.53 Å². The monoisotopic (exact) mass is 397 g/mol. The van der Waals surface area contributed by atoms with Gasteiger partial charge in [0.1, 0.15) is 0 Å². The molecule has 158 valence electrons. The Morgan fingerprint density at radius 1 is 1.14 bits per heavy atom. The normalized spacial score (nSPS) is 27.8. The summed E-state index contributed by atoms with van der Waals surface area (Å²) in [5.41, 5.74) is 5.55. The Hall–Kier alpha value is -2.11. The van der Waals surface area contributed by atoms with E-state index in [9.17, 15) is 9.59 Å². The first-order chi connectivity index (χ1) is 13.3. The molecule has 3 aliphatic rings. The van der Waals surface area contributed by atoms with Crippen LogP contribution in [0.4, 0.5) is 4.79 Å². The van der Waals surface area contributed by atoms with Gasteiger partial charge in [0.05, 0.1) is 12.6 Å². The van der Waals surface area contributed by atoms with Crippen LogP contribution in [0.5, 0.6) is 0 Å². The number of guanidine groups is 1. The van der Waals surface area contributed by atoms with Gasteiger partial charge in [-0.3, -0.25) is 24.9 Å². The van der Waals surface area contributed by atoms with Crippen LogP contribution in [0.15, 0.2) is 0 Å². The molecule has 3 aliphatic heterocycles. The predicted molar refractivity (Wildman–Crippen MR) is 102 cm³/mol. The first-order valence-electron chi connectivity index (χ1n) is 9.78. The quantitative estimate of drug-likeness (QED) is 0.357. The summed E-state index contributed by atoms with van der Waals surface area (Å²) in [7, 11) is 1.78. The van der Waals surface area contributed by atoms with Crippen LogP contribution in [0.1, 0.15) is 6.42 Å². The minimum absolute atomic E-state index is 0.0237. The molecule has 2 unspecified atom stereocenters. The number of hydrogen-bond acceptors (Lipinski definition) is 7.